The van der Waals surface area contributed by atoms with Crippen molar-refractivity contribution in [1.29, 1.82) is 0 Å². The molecule has 0 spiro atoms. The van der Waals surface area contributed by atoms with Crippen molar-refractivity contribution in [3.05, 3.63) is 0 Å². The molecule has 2 heteroatoms. The Hall–Kier alpha value is 0.250. The van der Waals surface area contributed by atoms with Gasteiger partial charge in [0.1, 0.15) is 0 Å². The summed E-state index contributed by atoms with van der Waals surface area (Å²) in [7, 11) is 0. The Morgan fingerprint density at radius 3 is 2.00 bits per heavy atom. The molecule has 1 aliphatic heterocycles. The van der Waals surface area contributed by atoms with Crippen molar-refractivity contribution in [3.8, 4) is 0 Å². The monoisotopic (exact) mass is 203 g/mol. The summed E-state index contributed by atoms with van der Waals surface area (Å²) in [6, 6.07) is 0.892. The molecule has 13 heavy (non-hydrogen) atoms. The van der Waals surface area contributed by atoms with Crippen LogP contribution in [0, 0.1) is 5.92 Å². The van der Waals surface area contributed by atoms with Crippen molar-refractivity contribution in [2.45, 2.75) is 57.4 Å². The normalized spacial score (nSPS) is 30.9. The lowest BCUT2D eigenvalue weighted by Crippen LogP contribution is -2.30. The molecule has 1 atom stereocenters. The second-order valence-corrected chi connectivity index (χ2v) is 4.45. The minimum Gasteiger partial charge on any atom is -0.314 e. The number of halogens is 1. The second kappa shape index (κ2) is 5.87. The van der Waals surface area contributed by atoms with Crippen molar-refractivity contribution in [3.63, 3.8) is 0 Å². The van der Waals surface area contributed by atoms with Gasteiger partial charge in [0.2, 0.25) is 0 Å². The third kappa shape index (κ3) is 3.14. The highest BCUT2D eigenvalue weighted by Gasteiger charge is 2.24. The van der Waals surface area contributed by atoms with Crippen LogP contribution in [0.25, 0.3) is 0 Å². The van der Waals surface area contributed by atoms with E-state index in [0.717, 1.165) is 12.0 Å². The number of hydrogen-bond donors (Lipinski definition) is 1. The standard InChI is InChI=1S/C11H21N.ClH/c1-2-4-7-10(6-3-1)11-8-5-9-12-11;/h10-12H,1-9H2;1H. The fraction of sp³-hybridized carbons (Fsp3) is 1.00. The van der Waals surface area contributed by atoms with Gasteiger partial charge < -0.3 is 5.32 Å². The van der Waals surface area contributed by atoms with E-state index < -0.39 is 0 Å². The molecule has 0 bridgehead atoms. The van der Waals surface area contributed by atoms with E-state index in [2.05, 4.69) is 5.32 Å². The smallest absolute Gasteiger partial charge is 0.00957 e. The van der Waals surface area contributed by atoms with Crippen LogP contribution in [0.3, 0.4) is 0 Å². The van der Waals surface area contributed by atoms with Gasteiger partial charge in [-0.15, -0.1) is 12.4 Å². The molecule has 0 aromatic heterocycles. The molecule has 0 aromatic rings. The lowest BCUT2D eigenvalue weighted by atomic mass is 9.91. The summed E-state index contributed by atoms with van der Waals surface area (Å²) in [6.07, 6.45) is 11.8. The van der Waals surface area contributed by atoms with Gasteiger partial charge in [0.15, 0.2) is 0 Å². The summed E-state index contributed by atoms with van der Waals surface area (Å²) >= 11 is 0. The molecule has 78 valence electrons. The Balaban J connectivity index is 0.000000845. The van der Waals surface area contributed by atoms with E-state index in [-0.39, 0.29) is 12.4 Å². The van der Waals surface area contributed by atoms with Crippen molar-refractivity contribution < 1.29 is 0 Å². The summed E-state index contributed by atoms with van der Waals surface area (Å²) in [6.45, 7) is 1.28. The summed E-state index contributed by atoms with van der Waals surface area (Å²) in [5.41, 5.74) is 0. The highest BCUT2D eigenvalue weighted by Crippen LogP contribution is 2.28. The van der Waals surface area contributed by atoms with Gasteiger partial charge in [0, 0.05) is 6.04 Å². The predicted octanol–water partition coefficient (Wildman–Crippen LogP) is 3.13. The van der Waals surface area contributed by atoms with Crippen LogP contribution in [0.1, 0.15) is 51.4 Å². The Kier molecular flexibility index (Phi) is 5.12. The lowest BCUT2D eigenvalue weighted by molar-refractivity contribution is 0.349. The molecule has 1 aliphatic carbocycles. The summed E-state index contributed by atoms with van der Waals surface area (Å²) < 4.78 is 0. The Labute approximate surface area is 88.1 Å². The molecule has 0 radical (unpaired) electrons. The molecule has 1 saturated carbocycles. The average Bonchev–Trinajstić information content (AvgIpc) is 2.48. The van der Waals surface area contributed by atoms with Gasteiger partial charge in [0.25, 0.3) is 0 Å². The molecule has 2 aliphatic rings. The maximum Gasteiger partial charge on any atom is 0.00957 e. The van der Waals surface area contributed by atoms with E-state index in [4.69, 9.17) is 0 Å². The van der Waals surface area contributed by atoms with E-state index in [1.54, 1.807) is 0 Å². The molecule has 2 fully saturated rings. The first kappa shape index (κ1) is 11.3. The van der Waals surface area contributed by atoms with E-state index >= 15 is 0 Å². The van der Waals surface area contributed by atoms with Crippen LogP contribution in [0.2, 0.25) is 0 Å². The van der Waals surface area contributed by atoms with Gasteiger partial charge in [-0.1, -0.05) is 25.7 Å². The van der Waals surface area contributed by atoms with Crippen LogP contribution in [0.5, 0.6) is 0 Å². The zero-order valence-electron chi connectivity index (χ0n) is 8.43. The van der Waals surface area contributed by atoms with E-state index in [0.29, 0.717) is 0 Å². The highest BCUT2D eigenvalue weighted by atomic mass is 35.5. The Bertz CT molecular complexity index is 124. The van der Waals surface area contributed by atoms with Gasteiger partial charge in [-0.2, -0.15) is 0 Å². The van der Waals surface area contributed by atoms with Crippen LogP contribution in [-0.4, -0.2) is 12.6 Å². The minimum absolute atomic E-state index is 0. The predicted molar refractivity (Wildman–Crippen MR) is 59.5 cm³/mol. The summed E-state index contributed by atoms with van der Waals surface area (Å²) in [4.78, 5) is 0. The van der Waals surface area contributed by atoms with Gasteiger partial charge in [-0.25, -0.2) is 0 Å². The molecular weight excluding hydrogens is 182 g/mol. The van der Waals surface area contributed by atoms with E-state index in [9.17, 15) is 0 Å². The summed E-state index contributed by atoms with van der Waals surface area (Å²) in [5.74, 6) is 1.02. The van der Waals surface area contributed by atoms with Crippen LogP contribution in [0.4, 0.5) is 0 Å². The van der Waals surface area contributed by atoms with Gasteiger partial charge in [-0.3, -0.25) is 0 Å². The van der Waals surface area contributed by atoms with Crippen molar-refractivity contribution in [1.82, 2.24) is 5.32 Å². The maximum absolute atomic E-state index is 3.65. The van der Waals surface area contributed by atoms with Crippen LogP contribution < -0.4 is 5.32 Å². The van der Waals surface area contributed by atoms with Crippen molar-refractivity contribution in [2.24, 2.45) is 5.92 Å². The van der Waals surface area contributed by atoms with E-state index in [1.807, 2.05) is 0 Å². The molecular formula is C11H22ClN. The van der Waals surface area contributed by atoms with Crippen molar-refractivity contribution in [2.75, 3.05) is 6.54 Å². The van der Waals surface area contributed by atoms with Crippen LogP contribution in [-0.2, 0) is 0 Å². The quantitative estimate of drug-likeness (QED) is 0.646. The molecule has 0 amide bonds. The third-order valence-corrected chi connectivity index (χ3v) is 3.57. The highest BCUT2D eigenvalue weighted by molar-refractivity contribution is 5.85. The fourth-order valence-corrected chi connectivity index (χ4v) is 2.83. The van der Waals surface area contributed by atoms with Gasteiger partial charge in [-0.05, 0) is 38.1 Å². The average molecular weight is 204 g/mol. The second-order valence-electron chi connectivity index (χ2n) is 4.45. The number of hydrogen-bond acceptors (Lipinski definition) is 1. The van der Waals surface area contributed by atoms with Crippen LogP contribution >= 0.6 is 12.4 Å². The molecule has 1 N–H and O–H groups in total. The SMILES string of the molecule is C1CCCC(C2CCCN2)CC1.Cl. The molecule has 0 aromatic carbocycles. The number of nitrogens with one attached hydrogen (secondary N) is 1. The number of rotatable bonds is 1. The maximum atomic E-state index is 3.65. The zero-order valence-corrected chi connectivity index (χ0v) is 9.24. The third-order valence-electron chi connectivity index (χ3n) is 3.57. The molecule has 2 rings (SSSR count). The topological polar surface area (TPSA) is 12.0 Å². The lowest BCUT2D eigenvalue weighted by Gasteiger charge is -2.21. The fourth-order valence-electron chi connectivity index (χ4n) is 2.83. The summed E-state index contributed by atoms with van der Waals surface area (Å²) in [5, 5.41) is 3.65. The first-order valence-electron chi connectivity index (χ1n) is 5.70. The Morgan fingerprint density at radius 1 is 0.769 bits per heavy atom. The van der Waals surface area contributed by atoms with Crippen molar-refractivity contribution >= 4 is 12.4 Å². The largest absolute Gasteiger partial charge is 0.314 e. The first-order valence-corrected chi connectivity index (χ1v) is 5.70. The zero-order chi connectivity index (χ0) is 8.23. The molecule has 1 saturated heterocycles. The molecule has 1 nitrogen and oxygen atoms in total. The van der Waals surface area contributed by atoms with Crippen LogP contribution in [0.15, 0.2) is 0 Å². The Morgan fingerprint density at radius 2 is 1.46 bits per heavy atom. The van der Waals surface area contributed by atoms with E-state index in [1.165, 1.54) is 57.9 Å². The molecule has 1 unspecified atom stereocenters. The minimum atomic E-state index is 0. The van der Waals surface area contributed by atoms with Gasteiger partial charge >= 0.3 is 0 Å². The van der Waals surface area contributed by atoms with Gasteiger partial charge in [0.05, 0.1) is 0 Å². The molecule has 1 heterocycles. The first-order chi connectivity index (χ1) is 5.97.